The summed E-state index contributed by atoms with van der Waals surface area (Å²) in [5.41, 5.74) is 3.81. The predicted octanol–water partition coefficient (Wildman–Crippen LogP) is 5.31. The number of carbonyl (C=O) groups excluding carboxylic acids is 1. The van der Waals surface area contributed by atoms with Crippen molar-refractivity contribution in [2.75, 3.05) is 26.2 Å². The maximum atomic E-state index is 13.7. The Kier molecular flexibility index (Phi) is 5.71. The molecule has 2 aliphatic rings. The fourth-order valence-corrected chi connectivity index (χ4v) is 5.31. The number of nitrogens with zero attached hydrogens (tertiary/aromatic N) is 3. The van der Waals surface area contributed by atoms with Crippen molar-refractivity contribution in [1.82, 2.24) is 15.0 Å². The zero-order chi connectivity index (χ0) is 23.7. The molecule has 5 heteroatoms. The van der Waals surface area contributed by atoms with E-state index < -0.39 is 5.41 Å². The van der Waals surface area contributed by atoms with E-state index in [0.29, 0.717) is 0 Å². The van der Waals surface area contributed by atoms with E-state index in [2.05, 4.69) is 70.7 Å². The van der Waals surface area contributed by atoms with Gasteiger partial charge < -0.3 is 9.42 Å². The molecule has 4 aromatic rings. The molecule has 35 heavy (non-hydrogen) atoms. The van der Waals surface area contributed by atoms with E-state index in [0.717, 1.165) is 56.0 Å². The van der Waals surface area contributed by atoms with E-state index in [1.54, 1.807) is 0 Å². The predicted molar refractivity (Wildman–Crippen MR) is 136 cm³/mol. The molecule has 2 heterocycles. The molecule has 0 N–H and O–H groups in total. The largest absolute Gasteiger partial charge is 0.356 e. The monoisotopic (exact) mass is 463 g/mol. The van der Waals surface area contributed by atoms with Gasteiger partial charge in [-0.3, -0.25) is 9.69 Å². The van der Waals surface area contributed by atoms with Gasteiger partial charge in [0.15, 0.2) is 5.76 Å². The van der Waals surface area contributed by atoms with Crippen molar-refractivity contribution in [1.29, 1.82) is 0 Å². The van der Waals surface area contributed by atoms with Gasteiger partial charge >= 0.3 is 0 Å². The Morgan fingerprint density at radius 1 is 0.771 bits per heavy atom. The lowest BCUT2D eigenvalue weighted by molar-refractivity contribution is -0.136. The maximum Gasteiger partial charge on any atom is 0.235 e. The lowest BCUT2D eigenvalue weighted by Crippen LogP contribution is -2.52. The Labute approximate surface area is 206 Å². The van der Waals surface area contributed by atoms with Crippen LogP contribution < -0.4 is 0 Å². The van der Waals surface area contributed by atoms with Gasteiger partial charge in [-0.25, -0.2) is 0 Å². The number of rotatable bonds is 6. The van der Waals surface area contributed by atoms with Gasteiger partial charge in [0.1, 0.15) is 0 Å². The second-order valence-electron chi connectivity index (χ2n) is 9.58. The minimum Gasteiger partial charge on any atom is -0.356 e. The summed E-state index contributed by atoms with van der Waals surface area (Å²) in [6, 6.07) is 33.4. The third kappa shape index (κ3) is 4.17. The maximum absolute atomic E-state index is 13.7. The molecule has 0 spiro atoms. The van der Waals surface area contributed by atoms with Gasteiger partial charge in [-0.1, -0.05) is 96.2 Å². The summed E-state index contributed by atoms with van der Waals surface area (Å²) >= 11 is 0. The highest BCUT2D eigenvalue weighted by Gasteiger charge is 2.55. The molecule has 3 aromatic carbocycles. The smallest absolute Gasteiger partial charge is 0.235 e. The standard InChI is InChI=1S/C30H29N3O2/c34-29(30(16-17-30)27-22-26(35-31-27)23-10-4-1-5-11-23)33-20-18-32(19-21-33)28(24-12-6-2-7-13-24)25-14-8-3-9-15-25/h1-15,22,28H,16-21H2. The van der Waals surface area contributed by atoms with Gasteiger partial charge in [0.05, 0.1) is 17.2 Å². The molecular weight excluding hydrogens is 434 g/mol. The van der Waals surface area contributed by atoms with Crippen LogP contribution in [0.25, 0.3) is 11.3 Å². The van der Waals surface area contributed by atoms with Crippen LogP contribution in [0.4, 0.5) is 0 Å². The summed E-state index contributed by atoms with van der Waals surface area (Å²) in [5.74, 6) is 0.916. The summed E-state index contributed by atoms with van der Waals surface area (Å²) in [6.07, 6.45) is 1.67. The second-order valence-corrected chi connectivity index (χ2v) is 9.58. The van der Waals surface area contributed by atoms with Crippen LogP contribution in [0, 0.1) is 0 Å². The Bertz CT molecular complexity index is 1240. The van der Waals surface area contributed by atoms with Gasteiger partial charge in [0.25, 0.3) is 0 Å². The highest BCUT2D eigenvalue weighted by Crippen LogP contribution is 2.50. The number of hydrogen-bond acceptors (Lipinski definition) is 4. The first-order chi connectivity index (χ1) is 17.2. The van der Waals surface area contributed by atoms with Crippen molar-refractivity contribution < 1.29 is 9.32 Å². The summed E-state index contributed by atoms with van der Waals surface area (Å²) in [6.45, 7) is 3.12. The fourth-order valence-electron chi connectivity index (χ4n) is 5.31. The minimum absolute atomic E-state index is 0.188. The topological polar surface area (TPSA) is 49.6 Å². The van der Waals surface area contributed by atoms with E-state index >= 15 is 0 Å². The molecule has 0 atom stereocenters. The highest BCUT2D eigenvalue weighted by atomic mass is 16.5. The Morgan fingerprint density at radius 3 is 1.86 bits per heavy atom. The van der Waals surface area contributed by atoms with Crippen molar-refractivity contribution in [3.63, 3.8) is 0 Å². The molecule has 1 amide bonds. The molecule has 5 nitrogen and oxygen atoms in total. The van der Waals surface area contributed by atoms with Crippen LogP contribution in [0.2, 0.25) is 0 Å². The molecule has 176 valence electrons. The van der Waals surface area contributed by atoms with Crippen molar-refractivity contribution in [3.05, 3.63) is 114 Å². The van der Waals surface area contributed by atoms with E-state index in [9.17, 15) is 4.79 Å². The molecule has 1 aromatic heterocycles. The Morgan fingerprint density at radius 2 is 1.31 bits per heavy atom. The fraction of sp³-hybridized carbons (Fsp3) is 0.267. The normalized spacial score (nSPS) is 17.5. The summed E-state index contributed by atoms with van der Waals surface area (Å²) in [7, 11) is 0. The van der Waals surface area contributed by atoms with Gasteiger partial charge in [0.2, 0.25) is 5.91 Å². The molecule has 6 rings (SSSR count). The molecule has 1 aliphatic heterocycles. The Balaban J connectivity index is 1.17. The quantitative estimate of drug-likeness (QED) is 0.389. The molecule has 0 bridgehead atoms. The van der Waals surface area contributed by atoms with Crippen LogP contribution >= 0.6 is 0 Å². The molecule has 0 unspecified atom stereocenters. The zero-order valence-electron chi connectivity index (χ0n) is 19.7. The number of aromatic nitrogens is 1. The van der Waals surface area contributed by atoms with E-state index in [1.165, 1.54) is 11.1 Å². The van der Waals surface area contributed by atoms with Gasteiger partial charge in [-0.05, 0) is 24.0 Å². The first-order valence-electron chi connectivity index (χ1n) is 12.4. The molecule has 1 saturated heterocycles. The van der Waals surface area contributed by atoms with E-state index in [4.69, 9.17) is 4.52 Å². The third-order valence-electron chi connectivity index (χ3n) is 7.42. The summed E-state index contributed by atoms with van der Waals surface area (Å²) in [5, 5.41) is 4.33. The van der Waals surface area contributed by atoms with Crippen molar-refractivity contribution in [3.8, 4) is 11.3 Å². The van der Waals surface area contributed by atoms with Crippen molar-refractivity contribution in [2.45, 2.75) is 24.3 Å². The highest BCUT2D eigenvalue weighted by molar-refractivity contribution is 5.91. The third-order valence-corrected chi connectivity index (χ3v) is 7.42. The van der Waals surface area contributed by atoms with Crippen LogP contribution in [-0.2, 0) is 10.2 Å². The van der Waals surface area contributed by atoms with E-state index in [1.807, 2.05) is 41.3 Å². The summed E-state index contributed by atoms with van der Waals surface area (Å²) in [4.78, 5) is 18.2. The van der Waals surface area contributed by atoms with Crippen molar-refractivity contribution >= 4 is 5.91 Å². The number of benzene rings is 3. The molecule has 0 radical (unpaired) electrons. The van der Waals surface area contributed by atoms with E-state index in [-0.39, 0.29) is 11.9 Å². The van der Waals surface area contributed by atoms with Crippen LogP contribution in [-0.4, -0.2) is 47.0 Å². The second kappa shape index (κ2) is 9.16. The number of carbonyl (C=O) groups is 1. The van der Waals surface area contributed by atoms with Crippen LogP contribution in [0.5, 0.6) is 0 Å². The Hall–Kier alpha value is -3.70. The van der Waals surface area contributed by atoms with Crippen LogP contribution in [0.3, 0.4) is 0 Å². The lowest BCUT2D eigenvalue weighted by Gasteiger charge is -2.40. The lowest BCUT2D eigenvalue weighted by atomic mass is 9.95. The molecule has 1 saturated carbocycles. The van der Waals surface area contributed by atoms with Gasteiger partial charge in [-0.15, -0.1) is 0 Å². The zero-order valence-corrected chi connectivity index (χ0v) is 19.7. The van der Waals surface area contributed by atoms with Crippen molar-refractivity contribution in [2.24, 2.45) is 0 Å². The minimum atomic E-state index is -0.517. The number of amides is 1. The van der Waals surface area contributed by atoms with Crippen LogP contribution in [0.15, 0.2) is 102 Å². The number of piperazine rings is 1. The number of hydrogen-bond donors (Lipinski definition) is 0. The first-order valence-corrected chi connectivity index (χ1v) is 12.4. The molecular formula is C30H29N3O2. The summed E-state index contributed by atoms with van der Waals surface area (Å²) < 4.78 is 5.63. The first kappa shape index (κ1) is 21.8. The van der Waals surface area contributed by atoms with Gasteiger partial charge in [0, 0.05) is 37.8 Å². The van der Waals surface area contributed by atoms with Gasteiger partial charge in [-0.2, -0.15) is 0 Å². The average Bonchev–Trinajstić information content (AvgIpc) is 3.59. The SMILES string of the molecule is O=C(N1CCN(C(c2ccccc2)c2ccccc2)CC1)C1(c2cc(-c3ccccc3)on2)CC1. The molecule has 2 fully saturated rings. The molecule has 1 aliphatic carbocycles. The average molecular weight is 464 g/mol. The van der Waals surface area contributed by atoms with Crippen LogP contribution in [0.1, 0.15) is 35.7 Å².